The molecular weight excluding hydrogens is 510 g/mol. The number of fused-ring (bicyclic) bond motifs is 1. The summed E-state index contributed by atoms with van der Waals surface area (Å²) >= 11 is 0. The molecule has 210 valence electrons. The highest BCUT2D eigenvalue weighted by Gasteiger charge is 2.38. The van der Waals surface area contributed by atoms with Crippen molar-refractivity contribution in [2.45, 2.75) is 58.7 Å². The maximum Gasteiger partial charge on any atom is 0.247 e. The number of carbonyl (C=O) groups excluding carboxylic acids is 4. The molecule has 0 radical (unpaired) electrons. The zero-order valence-corrected chi connectivity index (χ0v) is 22.9. The number of aryl methyl sites for hydroxylation is 1. The Hall–Kier alpha value is -4.54. The largest absolute Gasteiger partial charge is 0.348 e. The monoisotopic (exact) mass is 545 g/mol. The summed E-state index contributed by atoms with van der Waals surface area (Å²) in [4.78, 5) is 54.0. The van der Waals surface area contributed by atoms with Crippen LogP contribution in [0.1, 0.15) is 42.8 Å². The lowest BCUT2D eigenvalue weighted by Crippen LogP contribution is -2.54. The maximum atomic E-state index is 13.5. The molecule has 40 heavy (non-hydrogen) atoms. The number of hydrogen-bond donors (Lipinski definition) is 4. The number of benzene rings is 2. The molecule has 1 aliphatic heterocycles. The smallest absolute Gasteiger partial charge is 0.247 e. The molecule has 2 unspecified atom stereocenters. The van der Waals surface area contributed by atoms with Crippen LogP contribution in [0.2, 0.25) is 0 Å². The Bertz CT molecular complexity index is 1360. The van der Waals surface area contributed by atoms with Crippen molar-refractivity contribution < 1.29 is 19.2 Å². The Kier molecular flexibility index (Phi) is 9.26. The number of rotatable bonds is 11. The van der Waals surface area contributed by atoms with Gasteiger partial charge in [-0.3, -0.25) is 24.1 Å². The van der Waals surface area contributed by atoms with Crippen LogP contribution in [0.25, 0.3) is 0 Å². The second-order valence-corrected chi connectivity index (χ2v) is 10.00. The summed E-state index contributed by atoms with van der Waals surface area (Å²) in [5.74, 6) is -1.62. The van der Waals surface area contributed by atoms with Crippen LogP contribution in [0.5, 0.6) is 0 Å². The van der Waals surface area contributed by atoms with Gasteiger partial charge in [-0.25, -0.2) is 0 Å². The molecule has 1 aliphatic rings. The van der Waals surface area contributed by atoms with Crippen LogP contribution in [-0.2, 0) is 38.6 Å². The summed E-state index contributed by atoms with van der Waals surface area (Å²) in [7, 11) is 0. The lowest BCUT2D eigenvalue weighted by molar-refractivity contribution is -0.131. The standard InChI is InChI=1S/C29H35N7O4/c1-4-18(2)27(32-25(37)14-20-10-6-5-7-11-20)29(40)31-17-26(38)36-23-13-9-8-12-21(23)15-24(36)28(39)30-16-22-19(3)33-35-34-22/h5-13,18,24,27H,4,14-17H2,1-3H3,(H,30,39)(H,31,40)(H,32,37)(H,33,34,35)/t18?,24-,27?/m0/s1. The van der Waals surface area contributed by atoms with E-state index in [-0.39, 0.29) is 37.2 Å². The van der Waals surface area contributed by atoms with E-state index < -0.39 is 23.9 Å². The molecule has 4 amide bonds. The fraction of sp³-hybridized carbons (Fsp3) is 0.379. The molecule has 3 atom stereocenters. The van der Waals surface area contributed by atoms with Crippen LogP contribution in [0.15, 0.2) is 54.6 Å². The molecule has 11 nitrogen and oxygen atoms in total. The van der Waals surface area contributed by atoms with Crippen molar-refractivity contribution in [2.24, 2.45) is 5.92 Å². The molecule has 1 aromatic heterocycles. The van der Waals surface area contributed by atoms with Crippen molar-refractivity contribution in [3.8, 4) is 0 Å². The van der Waals surface area contributed by atoms with E-state index in [1.165, 1.54) is 4.90 Å². The zero-order valence-electron chi connectivity index (χ0n) is 22.9. The molecule has 0 saturated heterocycles. The molecule has 0 saturated carbocycles. The number of anilines is 1. The quantitative estimate of drug-likeness (QED) is 0.287. The van der Waals surface area contributed by atoms with Gasteiger partial charge >= 0.3 is 0 Å². The average Bonchev–Trinajstić information content (AvgIpc) is 3.56. The van der Waals surface area contributed by atoms with E-state index in [0.29, 0.717) is 29.9 Å². The van der Waals surface area contributed by atoms with Gasteiger partial charge in [-0.2, -0.15) is 15.4 Å². The van der Waals surface area contributed by atoms with Crippen LogP contribution in [-0.4, -0.2) is 57.7 Å². The Morgan fingerprint density at radius 1 is 1.02 bits per heavy atom. The summed E-state index contributed by atoms with van der Waals surface area (Å²) in [6, 6.07) is 15.0. The molecule has 0 bridgehead atoms. The number of nitrogens with zero attached hydrogens (tertiary/aromatic N) is 3. The molecule has 3 aromatic rings. The van der Waals surface area contributed by atoms with E-state index in [9.17, 15) is 19.2 Å². The number of aromatic amines is 1. The second kappa shape index (κ2) is 13.0. The van der Waals surface area contributed by atoms with Gasteiger partial charge in [0.1, 0.15) is 17.8 Å². The predicted molar refractivity (Wildman–Crippen MR) is 149 cm³/mol. The van der Waals surface area contributed by atoms with E-state index in [1.807, 2.05) is 56.3 Å². The van der Waals surface area contributed by atoms with E-state index >= 15 is 0 Å². The zero-order chi connectivity index (χ0) is 28.6. The highest BCUT2D eigenvalue weighted by atomic mass is 16.2. The van der Waals surface area contributed by atoms with E-state index in [1.54, 1.807) is 19.1 Å². The van der Waals surface area contributed by atoms with E-state index in [0.717, 1.165) is 11.1 Å². The third-order valence-corrected chi connectivity index (χ3v) is 7.23. The Balaban J connectivity index is 1.41. The van der Waals surface area contributed by atoms with Gasteiger partial charge in [-0.1, -0.05) is 68.8 Å². The lowest BCUT2D eigenvalue weighted by atomic mass is 9.98. The third kappa shape index (κ3) is 6.71. The Morgan fingerprint density at radius 3 is 2.45 bits per heavy atom. The summed E-state index contributed by atoms with van der Waals surface area (Å²) < 4.78 is 0. The van der Waals surface area contributed by atoms with Crippen LogP contribution in [0.3, 0.4) is 0 Å². The Morgan fingerprint density at radius 2 is 1.75 bits per heavy atom. The summed E-state index contributed by atoms with van der Waals surface area (Å²) in [6.07, 6.45) is 1.16. The van der Waals surface area contributed by atoms with Gasteiger partial charge in [0.15, 0.2) is 0 Å². The van der Waals surface area contributed by atoms with Gasteiger partial charge in [0.25, 0.3) is 0 Å². The number of nitrogens with one attached hydrogen (secondary N) is 4. The van der Waals surface area contributed by atoms with E-state index in [4.69, 9.17) is 0 Å². The van der Waals surface area contributed by atoms with Crippen molar-refractivity contribution in [3.05, 3.63) is 77.1 Å². The predicted octanol–water partition coefficient (Wildman–Crippen LogP) is 1.58. The van der Waals surface area contributed by atoms with Gasteiger partial charge in [-0.05, 0) is 30.0 Å². The van der Waals surface area contributed by atoms with Gasteiger partial charge < -0.3 is 16.0 Å². The molecular formula is C29H35N7O4. The van der Waals surface area contributed by atoms with Crippen LogP contribution >= 0.6 is 0 Å². The second-order valence-electron chi connectivity index (χ2n) is 10.00. The molecule has 4 N–H and O–H groups in total. The van der Waals surface area contributed by atoms with Crippen LogP contribution < -0.4 is 20.9 Å². The summed E-state index contributed by atoms with van der Waals surface area (Å²) in [5, 5.41) is 18.9. The molecule has 0 fully saturated rings. The fourth-order valence-electron chi connectivity index (χ4n) is 4.73. The number of carbonyl (C=O) groups is 4. The van der Waals surface area contributed by atoms with E-state index in [2.05, 4.69) is 31.4 Å². The molecule has 11 heteroatoms. The van der Waals surface area contributed by atoms with Crippen molar-refractivity contribution in [3.63, 3.8) is 0 Å². The number of amides is 4. The lowest BCUT2D eigenvalue weighted by Gasteiger charge is -2.27. The molecule has 0 spiro atoms. The topological polar surface area (TPSA) is 149 Å². The van der Waals surface area contributed by atoms with Gasteiger partial charge in [0.2, 0.25) is 23.6 Å². The minimum Gasteiger partial charge on any atom is -0.348 e. The third-order valence-electron chi connectivity index (χ3n) is 7.23. The summed E-state index contributed by atoms with van der Waals surface area (Å²) in [6.45, 7) is 5.45. The number of hydrogen-bond acceptors (Lipinski definition) is 6. The SMILES string of the molecule is CCC(C)C(NC(=O)Cc1ccccc1)C(=O)NCC(=O)N1c2ccccc2C[C@H]1C(=O)NCc1n[nH]nc1C. The number of H-pyrrole nitrogens is 1. The normalized spacial score (nSPS) is 15.6. The molecule has 2 aromatic carbocycles. The first-order valence-corrected chi connectivity index (χ1v) is 13.4. The maximum absolute atomic E-state index is 13.5. The molecule has 2 heterocycles. The van der Waals surface area contributed by atoms with Gasteiger partial charge in [-0.15, -0.1) is 0 Å². The van der Waals surface area contributed by atoms with Gasteiger partial charge in [0, 0.05) is 12.1 Å². The fourth-order valence-corrected chi connectivity index (χ4v) is 4.73. The first-order valence-electron chi connectivity index (χ1n) is 13.4. The van der Waals surface area contributed by atoms with Gasteiger partial charge in [0.05, 0.1) is 25.2 Å². The summed E-state index contributed by atoms with van der Waals surface area (Å²) in [5.41, 5.74) is 3.63. The van der Waals surface area contributed by atoms with Crippen molar-refractivity contribution in [2.75, 3.05) is 11.4 Å². The molecule has 4 rings (SSSR count). The Labute approximate surface area is 233 Å². The molecule has 0 aliphatic carbocycles. The van der Waals surface area contributed by atoms with Crippen LogP contribution in [0.4, 0.5) is 5.69 Å². The highest BCUT2D eigenvalue weighted by molar-refractivity contribution is 6.05. The van der Waals surface area contributed by atoms with Crippen molar-refractivity contribution in [1.82, 2.24) is 31.4 Å². The number of aromatic nitrogens is 3. The van der Waals surface area contributed by atoms with Crippen molar-refractivity contribution in [1.29, 1.82) is 0 Å². The first-order chi connectivity index (χ1) is 19.3. The number of para-hydroxylation sites is 1. The highest BCUT2D eigenvalue weighted by Crippen LogP contribution is 2.32. The first kappa shape index (κ1) is 28.5. The van der Waals surface area contributed by atoms with Crippen LogP contribution in [0, 0.1) is 12.8 Å². The minimum atomic E-state index is -0.801. The average molecular weight is 546 g/mol. The van der Waals surface area contributed by atoms with Crippen molar-refractivity contribution >= 4 is 29.3 Å². The minimum absolute atomic E-state index is 0.148.